The van der Waals surface area contributed by atoms with Crippen molar-refractivity contribution in [3.8, 4) is 0 Å². The van der Waals surface area contributed by atoms with Crippen LogP contribution in [-0.2, 0) is 9.53 Å². The molecule has 0 aromatic heterocycles. The summed E-state index contributed by atoms with van der Waals surface area (Å²) < 4.78 is 4.94. The molecule has 52 valence electrons. The SMILES string of the molecule is O=C(O)C1CCC(Br)O1. The van der Waals surface area contributed by atoms with Crippen molar-refractivity contribution < 1.29 is 14.6 Å². The predicted octanol–water partition coefficient (Wildman–Crippen LogP) is 0.971. The Hall–Kier alpha value is -0.0900. The molecular weight excluding hydrogens is 188 g/mol. The van der Waals surface area contributed by atoms with Crippen LogP contribution in [0, 0.1) is 0 Å². The van der Waals surface area contributed by atoms with Crippen LogP contribution >= 0.6 is 15.9 Å². The van der Waals surface area contributed by atoms with E-state index in [1.165, 1.54) is 0 Å². The molecule has 1 aliphatic heterocycles. The molecule has 0 spiro atoms. The number of carbonyl (C=O) groups is 1. The zero-order valence-electron chi connectivity index (χ0n) is 4.71. The molecule has 0 aliphatic carbocycles. The van der Waals surface area contributed by atoms with Crippen molar-refractivity contribution in [3.05, 3.63) is 0 Å². The molecule has 1 aliphatic rings. The van der Waals surface area contributed by atoms with E-state index in [4.69, 9.17) is 9.84 Å². The number of carboxylic acids is 1. The van der Waals surface area contributed by atoms with E-state index < -0.39 is 12.1 Å². The van der Waals surface area contributed by atoms with E-state index in [1.807, 2.05) is 0 Å². The van der Waals surface area contributed by atoms with Crippen molar-refractivity contribution in [1.29, 1.82) is 0 Å². The Labute approximate surface area is 61.1 Å². The van der Waals surface area contributed by atoms with Crippen LogP contribution in [0.5, 0.6) is 0 Å². The van der Waals surface area contributed by atoms with Gasteiger partial charge in [-0.15, -0.1) is 0 Å². The number of carboxylic acid groups (broad SMARTS) is 1. The molecule has 2 unspecified atom stereocenters. The van der Waals surface area contributed by atoms with Crippen LogP contribution < -0.4 is 0 Å². The molecule has 4 heteroatoms. The first-order valence-corrected chi connectivity index (χ1v) is 3.64. The van der Waals surface area contributed by atoms with Crippen LogP contribution in [0.2, 0.25) is 0 Å². The van der Waals surface area contributed by atoms with E-state index in [1.54, 1.807) is 0 Å². The summed E-state index contributed by atoms with van der Waals surface area (Å²) in [5, 5.41) is 8.33. The minimum absolute atomic E-state index is 0.0569. The second-order valence-electron chi connectivity index (χ2n) is 1.95. The third-order valence-corrected chi connectivity index (χ3v) is 1.92. The van der Waals surface area contributed by atoms with Crippen molar-refractivity contribution in [3.63, 3.8) is 0 Å². The van der Waals surface area contributed by atoms with Gasteiger partial charge in [0.25, 0.3) is 0 Å². The van der Waals surface area contributed by atoms with Crippen LogP contribution in [0.15, 0.2) is 0 Å². The number of hydrogen-bond donors (Lipinski definition) is 1. The Balaban J connectivity index is 2.39. The van der Waals surface area contributed by atoms with Gasteiger partial charge in [0.2, 0.25) is 0 Å². The van der Waals surface area contributed by atoms with Crippen LogP contribution in [0.1, 0.15) is 12.8 Å². The van der Waals surface area contributed by atoms with E-state index in [0.29, 0.717) is 6.42 Å². The van der Waals surface area contributed by atoms with Gasteiger partial charge in [0, 0.05) is 0 Å². The zero-order valence-corrected chi connectivity index (χ0v) is 6.30. The van der Waals surface area contributed by atoms with Gasteiger partial charge in [-0.05, 0) is 12.8 Å². The predicted molar refractivity (Wildman–Crippen MR) is 34.5 cm³/mol. The molecule has 1 heterocycles. The molecule has 1 rings (SSSR count). The summed E-state index contributed by atoms with van der Waals surface area (Å²) in [6.45, 7) is 0. The fourth-order valence-electron chi connectivity index (χ4n) is 0.778. The molecule has 0 aromatic rings. The Bertz CT molecular complexity index is 125. The molecule has 3 nitrogen and oxygen atoms in total. The maximum atomic E-state index is 10.2. The molecule has 0 bridgehead atoms. The lowest BCUT2D eigenvalue weighted by molar-refractivity contribution is -0.147. The lowest BCUT2D eigenvalue weighted by atomic mass is 10.2. The molecule has 2 atom stereocenters. The topological polar surface area (TPSA) is 46.5 Å². The normalized spacial score (nSPS) is 34.8. The molecule has 9 heavy (non-hydrogen) atoms. The van der Waals surface area contributed by atoms with Crippen LogP contribution in [-0.4, -0.2) is 22.2 Å². The summed E-state index contributed by atoms with van der Waals surface area (Å²) in [6, 6.07) is 0. The maximum absolute atomic E-state index is 10.2. The Kier molecular flexibility index (Phi) is 2.08. The number of rotatable bonds is 1. The lowest BCUT2D eigenvalue weighted by Crippen LogP contribution is -2.18. The van der Waals surface area contributed by atoms with Gasteiger partial charge in [-0.3, -0.25) is 0 Å². The second kappa shape index (κ2) is 2.66. The molecule has 1 saturated heterocycles. The van der Waals surface area contributed by atoms with Crippen molar-refractivity contribution in [2.24, 2.45) is 0 Å². The fraction of sp³-hybridized carbons (Fsp3) is 0.800. The van der Waals surface area contributed by atoms with Gasteiger partial charge in [-0.2, -0.15) is 0 Å². The van der Waals surface area contributed by atoms with Crippen molar-refractivity contribution in [2.45, 2.75) is 24.0 Å². The minimum Gasteiger partial charge on any atom is -0.479 e. The first-order chi connectivity index (χ1) is 4.20. The molecule has 1 fully saturated rings. The Morgan fingerprint density at radius 2 is 2.33 bits per heavy atom. The van der Waals surface area contributed by atoms with E-state index in [2.05, 4.69) is 15.9 Å². The first-order valence-electron chi connectivity index (χ1n) is 2.72. The highest BCUT2D eigenvalue weighted by molar-refractivity contribution is 9.09. The zero-order chi connectivity index (χ0) is 6.85. The smallest absolute Gasteiger partial charge is 0.332 e. The quantitative estimate of drug-likeness (QED) is 0.634. The molecular formula is C5H7BrO3. The summed E-state index contributed by atoms with van der Waals surface area (Å²) in [7, 11) is 0. The third-order valence-electron chi connectivity index (χ3n) is 1.24. The highest BCUT2D eigenvalue weighted by atomic mass is 79.9. The molecule has 0 aromatic carbocycles. The van der Waals surface area contributed by atoms with Gasteiger partial charge in [-0.25, -0.2) is 4.79 Å². The van der Waals surface area contributed by atoms with Gasteiger partial charge in [0.1, 0.15) is 5.01 Å². The van der Waals surface area contributed by atoms with Crippen LogP contribution in [0.3, 0.4) is 0 Å². The summed E-state index contributed by atoms with van der Waals surface area (Å²) >= 11 is 3.16. The van der Waals surface area contributed by atoms with Gasteiger partial charge >= 0.3 is 5.97 Å². The molecule has 0 radical (unpaired) electrons. The summed E-state index contributed by atoms with van der Waals surface area (Å²) in [6.07, 6.45) is 0.816. The number of aliphatic carboxylic acids is 1. The van der Waals surface area contributed by atoms with Gasteiger partial charge in [0.05, 0.1) is 0 Å². The van der Waals surface area contributed by atoms with E-state index in [9.17, 15) is 4.79 Å². The monoisotopic (exact) mass is 194 g/mol. The van der Waals surface area contributed by atoms with Crippen molar-refractivity contribution in [1.82, 2.24) is 0 Å². The number of ether oxygens (including phenoxy) is 1. The fourth-order valence-corrected chi connectivity index (χ4v) is 1.30. The van der Waals surface area contributed by atoms with E-state index in [-0.39, 0.29) is 5.01 Å². The second-order valence-corrected chi connectivity index (χ2v) is 2.97. The van der Waals surface area contributed by atoms with Gasteiger partial charge in [-0.1, -0.05) is 15.9 Å². The lowest BCUT2D eigenvalue weighted by Gasteiger charge is -2.02. The van der Waals surface area contributed by atoms with Gasteiger partial charge in [0.15, 0.2) is 6.10 Å². The number of alkyl halides is 1. The minimum atomic E-state index is -0.864. The summed E-state index contributed by atoms with van der Waals surface area (Å²) in [5.74, 6) is -0.864. The van der Waals surface area contributed by atoms with Crippen LogP contribution in [0.4, 0.5) is 0 Å². The van der Waals surface area contributed by atoms with E-state index in [0.717, 1.165) is 6.42 Å². The largest absolute Gasteiger partial charge is 0.479 e. The van der Waals surface area contributed by atoms with Crippen molar-refractivity contribution in [2.75, 3.05) is 0 Å². The average Bonchev–Trinajstić information content (AvgIpc) is 2.14. The van der Waals surface area contributed by atoms with Gasteiger partial charge < -0.3 is 9.84 Å². The third kappa shape index (κ3) is 1.66. The highest BCUT2D eigenvalue weighted by Crippen LogP contribution is 2.23. The number of hydrogen-bond acceptors (Lipinski definition) is 2. The molecule has 0 saturated carbocycles. The molecule has 1 N–H and O–H groups in total. The Morgan fingerprint density at radius 1 is 1.67 bits per heavy atom. The van der Waals surface area contributed by atoms with Crippen molar-refractivity contribution >= 4 is 21.9 Å². The maximum Gasteiger partial charge on any atom is 0.332 e. The summed E-state index contributed by atoms with van der Waals surface area (Å²) in [5.41, 5.74) is 0. The summed E-state index contributed by atoms with van der Waals surface area (Å²) in [4.78, 5) is 10.2. The highest BCUT2D eigenvalue weighted by Gasteiger charge is 2.28. The van der Waals surface area contributed by atoms with E-state index >= 15 is 0 Å². The first kappa shape index (κ1) is 7.02. The standard InChI is InChI=1S/C5H7BrO3/c6-4-2-1-3(9-4)5(7)8/h3-4H,1-2H2,(H,7,8). The number of halogens is 1. The Morgan fingerprint density at radius 3 is 2.56 bits per heavy atom. The molecule has 0 amide bonds. The average molecular weight is 195 g/mol. The van der Waals surface area contributed by atoms with Crippen LogP contribution in [0.25, 0.3) is 0 Å².